The normalized spacial score (nSPS) is 21.2. The molecule has 0 bridgehead atoms. The van der Waals surface area contributed by atoms with Crippen molar-refractivity contribution < 1.29 is 9.59 Å². The van der Waals surface area contributed by atoms with Crippen LogP contribution in [0, 0.1) is 11.8 Å². The lowest BCUT2D eigenvalue weighted by atomic mass is 10.3. The summed E-state index contributed by atoms with van der Waals surface area (Å²) in [6.45, 7) is 2.43. The zero-order chi connectivity index (χ0) is 13.0. The van der Waals surface area contributed by atoms with E-state index in [0.29, 0.717) is 18.3 Å². The van der Waals surface area contributed by atoms with Gasteiger partial charge in [0.05, 0.1) is 0 Å². The summed E-state index contributed by atoms with van der Waals surface area (Å²) in [7, 11) is 0. The van der Waals surface area contributed by atoms with Crippen LogP contribution in [0.1, 0.15) is 19.8 Å². The molecule has 0 aromatic carbocycles. The van der Waals surface area contributed by atoms with Crippen molar-refractivity contribution in [1.82, 2.24) is 10.3 Å². The van der Waals surface area contributed by atoms with Gasteiger partial charge in [-0.3, -0.25) is 9.59 Å². The summed E-state index contributed by atoms with van der Waals surface area (Å²) >= 11 is 0. The second kappa shape index (κ2) is 5.62. The van der Waals surface area contributed by atoms with Gasteiger partial charge in [-0.2, -0.15) is 0 Å². The molecule has 0 aliphatic heterocycles. The van der Waals surface area contributed by atoms with Crippen molar-refractivity contribution in [2.24, 2.45) is 11.8 Å². The predicted octanol–water partition coefficient (Wildman–Crippen LogP) is 1.18. The summed E-state index contributed by atoms with van der Waals surface area (Å²) in [4.78, 5) is 27.0. The molecular weight excluding hydrogens is 230 g/mol. The smallest absolute Gasteiger partial charge is 0.227 e. The van der Waals surface area contributed by atoms with E-state index in [1.807, 2.05) is 0 Å². The van der Waals surface area contributed by atoms with Gasteiger partial charge in [0.15, 0.2) is 0 Å². The average molecular weight is 247 g/mol. The molecule has 5 nitrogen and oxygen atoms in total. The van der Waals surface area contributed by atoms with Gasteiger partial charge in [0.2, 0.25) is 11.8 Å². The molecule has 1 fully saturated rings. The Morgan fingerprint density at radius 3 is 2.83 bits per heavy atom. The summed E-state index contributed by atoms with van der Waals surface area (Å²) < 4.78 is 0. The highest BCUT2D eigenvalue weighted by Gasteiger charge is 2.38. The van der Waals surface area contributed by atoms with Crippen LogP contribution in [0.2, 0.25) is 0 Å². The van der Waals surface area contributed by atoms with Crippen molar-refractivity contribution in [3.8, 4) is 0 Å². The molecule has 1 saturated carbocycles. The number of amides is 2. The summed E-state index contributed by atoms with van der Waals surface area (Å²) in [6.07, 6.45) is 2.85. The molecule has 5 heteroatoms. The Labute approximate surface area is 106 Å². The maximum absolute atomic E-state index is 11.5. The highest BCUT2D eigenvalue weighted by molar-refractivity contribution is 5.90. The molecule has 2 atom stereocenters. The van der Waals surface area contributed by atoms with Crippen molar-refractivity contribution in [2.75, 3.05) is 11.9 Å². The minimum Gasteiger partial charge on any atom is -0.355 e. The van der Waals surface area contributed by atoms with E-state index in [1.54, 1.807) is 24.4 Å². The molecule has 2 N–H and O–H groups in total. The molecule has 18 heavy (non-hydrogen) atoms. The lowest BCUT2D eigenvalue weighted by Crippen LogP contribution is -2.29. The third-order valence-corrected chi connectivity index (χ3v) is 3.03. The number of hydrogen-bond acceptors (Lipinski definition) is 3. The van der Waals surface area contributed by atoms with Crippen molar-refractivity contribution in [2.45, 2.75) is 19.8 Å². The molecular formula is C13H17N3O2. The Balaban J connectivity index is 1.65. The first-order valence-corrected chi connectivity index (χ1v) is 6.15. The number of nitrogens with one attached hydrogen (secondary N) is 2. The van der Waals surface area contributed by atoms with Gasteiger partial charge in [-0.1, -0.05) is 13.0 Å². The van der Waals surface area contributed by atoms with Crippen LogP contribution < -0.4 is 10.6 Å². The van der Waals surface area contributed by atoms with Gasteiger partial charge in [-0.15, -0.1) is 0 Å². The highest BCUT2D eigenvalue weighted by atomic mass is 16.2. The number of pyridine rings is 1. The first-order valence-electron chi connectivity index (χ1n) is 6.15. The van der Waals surface area contributed by atoms with Crippen molar-refractivity contribution in [3.05, 3.63) is 24.4 Å². The summed E-state index contributed by atoms with van der Waals surface area (Å²) in [5.41, 5.74) is 0. The molecule has 0 radical (unpaired) electrons. The fourth-order valence-corrected chi connectivity index (χ4v) is 1.76. The molecule has 2 amide bonds. The maximum atomic E-state index is 11.5. The molecule has 2 rings (SSSR count). The molecule has 1 aromatic heterocycles. The Bertz CT molecular complexity index is 433. The predicted molar refractivity (Wildman–Crippen MR) is 67.8 cm³/mol. The lowest BCUT2D eigenvalue weighted by Gasteiger charge is -2.05. The molecule has 2 unspecified atom stereocenters. The Kier molecular flexibility index (Phi) is 3.92. The second-order valence-electron chi connectivity index (χ2n) is 4.62. The van der Waals surface area contributed by atoms with E-state index in [-0.39, 0.29) is 24.2 Å². The molecule has 0 spiro atoms. The zero-order valence-electron chi connectivity index (χ0n) is 10.3. The Morgan fingerprint density at radius 1 is 1.44 bits per heavy atom. The van der Waals surface area contributed by atoms with Gasteiger partial charge in [0.25, 0.3) is 0 Å². The van der Waals surface area contributed by atoms with Crippen molar-refractivity contribution in [1.29, 1.82) is 0 Å². The van der Waals surface area contributed by atoms with Gasteiger partial charge < -0.3 is 10.6 Å². The molecule has 1 aliphatic rings. The summed E-state index contributed by atoms with van der Waals surface area (Å²) in [5, 5.41) is 5.44. The van der Waals surface area contributed by atoms with Crippen LogP contribution in [-0.2, 0) is 9.59 Å². The number of hydrogen-bond donors (Lipinski definition) is 2. The van der Waals surface area contributed by atoms with Crippen molar-refractivity contribution in [3.63, 3.8) is 0 Å². The van der Waals surface area contributed by atoms with Gasteiger partial charge in [0, 0.05) is 25.1 Å². The van der Waals surface area contributed by atoms with Gasteiger partial charge in [0.1, 0.15) is 5.82 Å². The lowest BCUT2D eigenvalue weighted by molar-refractivity contribution is -0.122. The SMILES string of the molecule is CC1CC1C(=O)NCCC(=O)Nc1ccccn1. The molecule has 1 aromatic rings. The van der Waals surface area contributed by atoms with E-state index in [9.17, 15) is 9.59 Å². The number of rotatable bonds is 5. The highest BCUT2D eigenvalue weighted by Crippen LogP contribution is 2.37. The van der Waals surface area contributed by atoms with Crippen LogP contribution in [0.25, 0.3) is 0 Å². The molecule has 96 valence electrons. The largest absolute Gasteiger partial charge is 0.355 e. The first kappa shape index (κ1) is 12.5. The monoisotopic (exact) mass is 247 g/mol. The number of aromatic nitrogens is 1. The van der Waals surface area contributed by atoms with Crippen molar-refractivity contribution >= 4 is 17.6 Å². The second-order valence-corrected chi connectivity index (χ2v) is 4.62. The van der Waals surface area contributed by atoms with E-state index in [0.717, 1.165) is 6.42 Å². The number of nitrogens with zero attached hydrogens (tertiary/aromatic N) is 1. The fourth-order valence-electron chi connectivity index (χ4n) is 1.76. The average Bonchev–Trinajstić information content (AvgIpc) is 3.07. The third-order valence-electron chi connectivity index (χ3n) is 3.03. The quantitative estimate of drug-likeness (QED) is 0.820. The van der Waals surface area contributed by atoms with Gasteiger partial charge >= 0.3 is 0 Å². The third kappa shape index (κ3) is 3.55. The fraction of sp³-hybridized carbons (Fsp3) is 0.462. The molecule has 1 heterocycles. The Morgan fingerprint density at radius 2 is 2.22 bits per heavy atom. The topological polar surface area (TPSA) is 71.1 Å². The first-order chi connectivity index (χ1) is 8.66. The van der Waals surface area contributed by atoms with Crippen LogP contribution in [0.5, 0.6) is 0 Å². The van der Waals surface area contributed by atoms with E-state index in [1.165, 1.54) is 0 Å². The minimum absolute atomic E-state index is 0.0631. The van der Waals surface area contributed by atoms with E-state index in [2.05, 4.69) is 22.5 Å². The van der Waals surface area contributed by atoms with Gasteiger partial charge in [-0.25, -0.2) is 4.98 Å². The van der Waals surface area contributed by atoms with Crippen LogP contribution in [-0.4, -0.2) is 23.3 Å². The maximum Gasteiger partial charge on any atom is 0.227 e. The molecule has 1 aliphatic carbocycles. The summed E-state index contributed by atoms with van der Waals surface area (Å²) in [5.74, 6) is 1.10. The summed E-state index contributed by atoms with van der Waals surface area (Å²) in [6, 6.07) is 5.31. The van der Waals surface area contributed by atoms with E-state index < -0.39 is 0 Å². The van der Waals surface area contributed by atoms with Crippen LogP contribution in [0.3, 0.4) is 0 Å². The number of carbonyl (C=O) groups excluding carboxylic acids is 2. The zero-order valence-corrected chi connectivity index (χ0v) is 10.3. The van der Waals surface area contributed by atoms with E-state index in [4.69, 9.17) is 0 Å². The van der Waals surface area contributed by atoms with Crippen LogP contribution >= 0.6 is 0 Å². The van der Waals surface area contributed by atoms with Crippen LogP contribution in [0.4, 0.5) is 5.82 Å². The molecule has 0 saturated heterocycles. The van der Waals surface area contributed by atoms with E-state index >= 15 is 0 Å². The number of carbonyl (C=O) groups is 2. The Hall–Kier alpha value is -1.91. The minimum atomic E-state index is -0.141. The number of anilines is 1. The van der Waals surface area contributed by atoms with Crippen LogP contribution in [0.15, 0.2) is 24.4 Å². The van der Waals surface area contributed by atoms with Gasteiger partial charge in [-0.05, 0) is 24.5 Å². The standard InChI is InChI=1S/C13H17N3O2/c1-9-8-10(9)13(18)15-7-5-12(17)16-11-4-2-3-6-14-11/h2-4,6,9-10H,5,7-8H2,1H3,(H,15,18)(H,14,16,17).